The third-order valence-electron chi connectivity index (χ3n) is 4.29. The fraction of sp³-hybridized carbons (Fsp3) is 0.0526. The molecule has 27 heavy (non-hydrogen) atoms. The SMILES string of the molecule is COc1ccc(-c2cnc(=S)n3cc(-c4cccc([N+](=O)[O-])c4)[nH]c23)cc1. The van der Waals surface area contributed by atoms with Crippen molar-refractivity contribution in [1.29, 1.82) is 0 Å². The number of hydrogen-bond acceptors (Lipinski definition) is 5. The topological polar surface area (TPSA) is 85.5 Å². The number of rotatable bonds is 4. The molecule has 2 aromatic heterocycles. The molecule has 0 unspecified atom stereocenters. The lowest BCUT2D eigenvalue weighted by molar-refractivity contribution is -0.384. The number of nitro groups is 1. The van der Waals surface area contributed by atoms with E-state index in [2.05, 4.69) is 9.97 Å². The van der Waals surface area contributed by atoms with Crippen molar-refractivity contribution in [1.82, 2.24) is 14.4 Å². The molecule has 0 aliphatic carbocycles. The van der Waals surface area contributed by atoms with Crippen molar-refractivity contribution in [2.45, 2.75) is 0 Å². The molecule has 0 radical (unpaired) electrons. The van der Waals surface area contributed by atoms with Crippen molar-refractivity contribution in [3.8, 4) is 28.1 Å². The van der Waals surface area contributed by atoms with Crippen LogP contribution in [0.25, 0.3) is 28.0 Å². The summed E-state index contributed by atoms with van der Waals surface area (Å²) in [6.07, 6.45) is 3.52. The van der Waals surface area contributed by atoms with Crippen molar-refractivity contribution in [2.75, 3.05) is 7.11 Å². The van der Waals surface area contributed by atoms with Crippen molar-refractivity contribution in [3.63, 3.8) is 0 Å². The highest BCUT2D eigenvalue weighted by atomic mass is 32.1. The number of aromatic nitrogens is 3. The molecule has 8 heteroatoms. The number of nitrogens with one attached hydrogen (secondary N) is 1. The number of H-pyrrole nitrogens is 1. The number of methoxy groups -OCH3 is 1. The number of non-ortho nitro benzene ring substituents is 1. The molecule has 4 aromatic rings. The average molecular weight is 378 g/mol. The number of ether oxygens (including phenoxy) is 1. The molecule has 0 amide bonds. The van der Waals surface area contributed by atoms with E-state index in [-0.39, 0.29) is 5.69 Å². The number of benzene rings is 2. The Kier molecular flexibility index (Phi) is 4.17. The predicted octanol–water partition coefficient (Wildman–Crippen LogP) is 4.64. The maximum absolute atomic E-state index is 11.1. The van der Waals surface area contributed by atoms with Crippen LogP contribution in [-0.2, 0) is 0 Å². The normalized spacial score (nSPS) is 10.9. The van der Waals surface area contributed by atoms with E-state index in [9.17, 15) is 10.1 Å². The monoisotopic (exact) mass is 378 g/mol. The summed E-state index contributed by atoms with van der Waals surface area (Å²) >= 11 is 5.34. The van der Waals surface area contributed by atoms with E-state index in [1.165, 1.54) is 12.1 Å². The lowest BCUT2D eigenvalue weighted by Crippen LogP contribution is -1.92. The molecule has 2 heterocycles. The molecule has 0 aliphatic heterocycles. The largest absolute Gasteiger partial charge is 0.497 e. The van der Waals surface area contributed by atoms with E-state index in [0.717, 1.165) is 22.5 Å². The van der Waals surface area contributed by atoms with Gasteiger partial charge in [-0.05, 0) is 29.9 Å². The summed E-state index contributed by atoms with van der Waals surface area (Å²) in [5.41, 5.74) is 4.02. The van der Waals surface area contributed by atoms with Gasteiger partial charge in [-0.3, -0.25) is 14.5 Å². The minimum atomic E-state index is -0.415. The van der Waals surface area contributed by atoms with E-state index >= 15 is 0 Å². The zero-order valence-corrected chi connectivity index (χ0v) is 15.1. The van der Waals surface area contributed by atoms with Gasteiger partial charge in [-0.1, -0.05) is 24.3 Å². The molecule has 0 atom stereocenters. The highest BCUT2D eigenvalue weighted by Crippen LogP contribution is 2.29. The van der Waals surface area contributed by atoms with Gasteiger partial charge >= 0.3 is 0 Å². The summed E-state index contributed by atoms with van der Waals surface area (Å²) in [6.45, 7) is 0. The molecule has 0 spiro atoms. The minimum Gasteiger partial charge on any atom is -0.497 e. The minimum absolute atomic E-state index is 0.0308. The summed E-state index contributed by atoms with van der Waals surface area (Å²) in [6, 6.07) is 14.1. The standard InChI is InChI=1S/C19H14N4O3S/c1-26-15-7-5-12(6-8-15)16-10-20-19(27)22-11-17(21-18(16)22)13-3-2-4-14(9-13)23(24)25/h2-11,21H,1H3. The highest BCUT2D eigenvalue weighted by Gasteiger charge is 2.13. The van der Waals surface area contributed by atoms with Crippen LogP contribution in [0.15, 0.2) is 60.9 Å². The zero-order valence-electron chi connectivity index (χ0n) is 14.2. The van der Waals surface area contributed by atoms with Gasteiger partial charge < -0.3 is 9.72 Å². The van der Waals surface area contributed by atoms with Crippen molar-refractivity contribution in [2.24, 2.45) is 0 Å². The Hall–Kier alpha value is -3.52. The fourth-order valence-corrected chi connectivity index (χ4v) is 3.12. The van der Waals surface area contributed by atoms with Gasteiger partial charge in [0.25, 0.3) is 5.69 Å². The Morgan fingerprint density at radius 1 is 1.19 bits per heavy atom. The van der Waals surface area contributed by atoms with E-state index < -0.39 is 4.92 Å². The highest BCUT2D eigenvalue weighted by molar-refractivity contribution is 7.71. The predicted molar refractivity (Wildman–Crippen MR) is 104 cm³/mol. The van der Waals surface area contributed by atoms with Crippen molar-refractivity contribution < 1.29 is 9.66 Å². The third-order valence-corrected chi connectivity index (χ3v) is 4.59. The lowest BCUT2D eigenvalue weighted by atomic mass is 10.1. The molecule has 4 rings (SSSR count). The molecule has 0 aliphatic rings. The molecule has 1 N–H and O–H groups in total. The molecule has 134 valence electrons. The van der Waals surface area contributed by atoms with Crippen LogP contribution in [0.5, 0.6) is 5.75 Å². The van der Waals surface area contributed by atoms with Crippen molar-refractivity contribution >= 4 is 23.6 Å². The molecule has 0 saturated carbocycles. The van der Waals surface area contributed by atoms with Crippen LogP contribution in [0, 0.1) is 14.9 Å². The first-order valence-corrected chi connectivity index (χ1v) is 8.47. The number of aromatic amines is 1. The number of fused-ring (bicyclic) bond motifs is 1. The van der Waals surface area contributed by atoms with Crippen LogP contribution in [0.2, 0.25) is 0 Å². The van der Waals surface area contributed by atoms with Gasteiger partial charge in [0.15, 0.2) is 0 Å². The zero-order chi connectivity index (χ0) is 19.0. The molecule has 0 saturated heterocycles. The van der Waals surface area contributed by atoms with Gasteiger partial charge in [-0.15, -0.1) is 0 Å². The summed E-state index contributed by atoms with van der Waals surface area (Å²) in [5.74, 6) is 0.763. The smallest absolute Gasteiger partial charge is 0.270 e. The second-order valence-corrected chi connectivity index (χ2v) is 6.24. The molecule has 0 bridgehead atoms. The summed E-state index contributed by atoms with van der Waals surface area (Å²) in [4.78, 5) is 18.3. The first kappa shape index (κ1) is 16.9. The van der Waals surface area contributed by atoms with E-state index in [1.54, 1.807) is 30.0 Å². The van der Waals surface area contributed by atoms with Gasteiger partial charge in [0.2, 0.25) is 4.77 Å². The first-order valence-electron chi connectivity index (χ1n) is 8.06. The van der Waals surface area contributed by atoms with E-state index in [4.69, 9.17) is 17.0 Å². The first-order chi connectivity index (χ1) is 13.1. The van der Waals surface area contributed by atoms with Crippen LogP contribution in [0.4, 0.5) is 5.69 Å². The fourth-order valence-electron chi connectivity index (χ4n) is 2.92. The third kappa shape index (κ3) is 3.06. The van der Waals surface area contributed by atoms with Crippen LogP contribution < -0.4 is 4.74 Å². The lowest BCUT2D eigenvalue weighted by Gasteiger charge is -2.05. The number of nitrogens with zero attached hydrogens (tertiary/aromatic N) is 3. The van der Waals surface area contributed by atoms with Gasteiger partial charge in [-0.2, -0.15) is 0 Å². The Morgan fingerprint density at radius 2 is 1.96 bits per heavy atom. The summed E-state index contributed by atoms with van der Waals surface area (Å²) < 4.78 is 7.37. The van der Waals surface area contributed by atoms with Crippen LogP contribution >= 0.6 is 12.2 Å². The number of imidazole rings is 1. The maximum Gasteiger partial charge on any atom is 0.270 e. The number of nitro benzene ring substituents is 1. The second kappa shape index (κ2) is 6.65. The Morgan fingerprint density at radius 3 is 2.67 bits per heavy atom. The second-order valence-electron chi connectivity index (χ2n) is 5.88. The molecule has 2 aromatic carbocycles. The van der Waals surface area contributed by atoms with Crippen molar-refractivity contribution in [3.05, 3.63) is 75.8 Å². The average Bonchev–Trinajstić information content (AvgIpc) is 3.15. The van der Waals surface area contributed by atoms with E-state index in [1.807, 2.05) is 30.3 Å². The molecular weight excluding hydrogens is 364 g/mol. The summed E-state index contributed by atoms with van der Waals surface area (Å²) in [7, 11) is 1.62. The van der Waals surface area contributed by atoms with Crippen LogP contribution in [0.1, 0.15) is 0 Å². The Bertz CT molecular complexity index is 1210. The van der Waals surface area contributed by atoms with Gasteiger partial charge in [0, 0.05) is 35.7 Å². The quantitative estimate of drug-likeness (QED) is 0.318. The van der Waals surface area contributed by atoms with Gasteiger partial charge in [0.05, 0.1) is 17.7 Å². The van der Waals surface area contributed by atoms with Gasteiger partial charge in [0.1, 0.15) is 11.4 Å². The molecule has 0 fully saturated rings. The Labute approximate surface area is 159 Å². The molecule has 7 nitrogen and oxygen atoms in total. The summed E-state index contributed by atoms with van der Waals surface area (Å²) in [5, 5.41) is 11.1. The number of hydrogen-bond donors (Lipinski definition) is 1. The van der Waals surface area contributed by atoms with Crippen LogP contribution in [0.3, 0.4) is 0 Å². The van der Waals surface area contributed by atoms with Gasteiger partial charge in [-0.25, -0.2) is 4.98 Å². The van der Waals surface area contributed by atoms with Crippen LogP contribution in [-0.4, -0.2) is 26.4 Å². The molecular formula is C19H14N4O3S. The Balaban J connectivity index is 1.89. The van der Waals surface area contributed by atoms with E-state index in [0.29, 0.717) is 16.0 Å². The maximum atomic E-state index is 11.1.